The molecular weight excluding hydrogens is 278 g/mol. The standard InChI is InChI=1S/C13H12BrN3/c14-11-8-4-5-9-12(11)16-17-13(15)10-6-2-1-3-7-10/h1-9,16H,(H2,15,17). The van der Waals surface area contributed by atoms with E-state index in [9.17, 15) is 0 Å². The van der Waals surface area contributed by atoms with E-state index in [1.165, 1.54) is 0 Å². The minimum Gasteiger partial charge on any atom is -0.382 e. The van der Waals surface area contributed by atoms with Crippen molar-refractivity contribution in [3.63, 3.8) is 0 Å². The number of nitrogens with zero attached hydrogens (tertiary/aromatic N) is 1. The van der Waals surface area contributed by atoms with Gasteiger partial charge in [-0.05, 0) is 28.1 Å². The molecule has 4 heteroatoms. The predicted molar refractivity (Wildman–Crippen MR) is 74.9 cm³/mol. The largest absolute Gasteiger partial charge is 0.382 e. The maximum absolute atomic E-state index is 5.87. The summed E-state index contributed by atoms with van der Waals surface area (Å²) in [6.45, 7) is 0. The van der Waals surface area contributed by atoms with E-state index in [-0.39, 0.29) is 0 Å². The average Bonchev–Trinajstić information content (AvgIpc) is 2.38. The molecule has 0 bridgehead atoms. The second-order valence-electron chi connectivity index (χ2n) is 3.45. The van der Waals surface area contributed by atoms with E-state index in [4.69, 9.17) is 5.73 Å². The van der Waals surface area contributed by atoms with E-state index in [1.54, 1.807) is 0 Å². The minimum atomic E-state index is 0.460. The third-order valence-electron chi connectivity index (χ3n) is 2.24. The second kappa shape index (κ2) is 5.50. The molecule has 0 radical (unpaired) electrons. The number of anilines is 1. The molecule has 0 spiro atoms. The van der Waals surface area contributed by atoms with Crippen LogP contribution in [0.4, 0.5) is 5.69 Å². The zero-order valence-corrected chi connectivity index (χ0v) is 10.7. The Morgan fingerprint density at radius 1 is 1.00 bits per heavy atom. The highest BCUT2D eigenvalue weighted by Gasteiger charge is 1.98. The van der Waals surface area contributed by atoms with Crippen LogP contribution in [0.2, 0.25) is 0 Å². The lowest BCUT2D eigenvalue weighted by Gasteiger charge is -2.04. The van der Waals surface area contributed by atoms with E-state index in [2.05, 4.69) is 26.5 Å². The number of hydrazone groups is 1. The van der Waals surface area contributed by atoms with Gasteiger partial charge in [0.05, 0.1) is 5.69 Å². The smallest absolute Gasteiger partial charge is 0.150 e. The van der Waals surface area contributed by atoms with Crippen molar-refractivity contribution in [2.75, 3.05) is 5.43 Å². The van der Waals surface area contributed by atoms with Gasteiger partial charge in [0.2, 0.25) is 0 Å². The Kier molecular flexibility index (Phi) is 3.77. The van der Waals surface area contributed by atoms with E-state index in [0.717, 1.165) is 15.7 Å². The summed E-state index contributed by atoms with van der Waals surface area (Å²) in [5, 5.41) is 4.14. The molecule has 0 aliphatic rings. The van der Waals surface area contributed by atoms with Gasteiger partial charge in [0.15, 0.2) is 5.84 Å². The van der Waals surface area contributed by atoms with E-state index in [0.29, 0.717) is 5.84 Å². The zero-order chi connectivity index (χ0) is 12.1. The van der Waals surface area contributed by atoms with Gasteiger partial charge in [0, 0.05) is 10.0 Å². The molecule has 0 atom stereocenters. The van der Waals surface area contributed by atoms with E-state index in [1.807, 2.05) is 54.6 Å². The van der Waals surface area contributed by atoms with Crippen LogP contribution in [0.1, 0.15) is 5.56 Å². The molecule has 0 saturated carbocycles. The molecular formula is C13H12BrN3. The van der Waals surface area contributed by atoms with Crippen LogP contribution in [0.3, 0.4) is 0 Å². The van der Waals surface area contributed by atoms with Crippen LogP contribution in [-0.4, -0.2) is 5.84 Å². The number of hydrogen-bond donors (Lipinski definition) is 2. The van der Waals surface area contributed by atoms with Gasteiger partial charge in [-0.1, -0.05) is 42.5 Å². The van der Waals surface area contributed by atoms with Crippen LogP contribution in [-0.2, 0) is 0 Å². The second-order valence-corrected chi connectivity index (χ2v) is 4.31. The summed E-state index contributed by atoms with van der Waals surface area (Å²) in [6.07, 6.45) is 0. The third kappa shape index (κ3) is 3.07. The van der Waals surface area contributed by atoms with Gasteiger partial charge in [0.25, 0.3) is 0 Å². The van der Waals surface area contributed by atoms with Crippen molar-refractivity contribution in [2.24, 2.45) is 10.8 Å². The summed E-state index contributed by atoms with van der Waals surface area (Å²) in [4.78, 5) is 0. The van der Waals surface area contributed by atoms with Gasteiger partial charge < -0.3 is 5.73 Å². The number of benzene rings is 2. The quantitative estimate of drug-likeness (QED) is 0.518. The lowest BCUT2D eigenvalue weighted by molar-refractivity contribution is 1.30. The maximum atomic E-state index is 5.87. The van der Waals surface area contributed by atoms with Gasteiger partial charge in [-0.15, -0.1) is 0 Å². The first kappa shape index (κ1) is 11.7. The fourth-order valence-corrected chi connectivity index (χ4v) is 1.72. The summed E-state index contributed by atoms with van der Waals surface area (Å²) in [5.74, 6) is 0.460. The summed E-state index contributed by atoms with van der Waals surface area (Å²) in [6, 6.07) is 17.4. The third-order valence-corrected chi connectivity index (χ3v) is 2.93. The van der Waals surface area contributed by atoms with Crippen molar-refractivity contribution in [1.82, 2.24) is 0 Å². The lowest BCUT2D eigenvalue weighted by Crippen LogP contribution is -2.15. The van der Waals surface area contributed by atoms with Crippen LogP contribution in [0, 0.1) is 0 Å². The fourth-order valence-electron chi connectivity index (χ4n) is 1.35. The number of nitrogens with one attached hydrogen (secondary N) is 1. The first-order valence-electron chi connectivity index (χ1n) is 5.16. The molecule has 0 unspecified atom stereocenters. The van der Waals surface area contributed by atoms with E-state index >= 15 is 0 Å². The highest BCUT2D eigenvalue weighted by molar-refractivity contribution is 9.10. The molecule has 0 aliphatic heterocycles. The number of hydrogen-bond acceptors (Lipinski definition) is 2. The molecule has 0 amide bonds. The van der Waals surface area contributed by atoms with Gasteiger partial charge in [-0.3, -0.25) is 5.43 Å². The van der Waals surface area contributed by atoms with Gasteiger partial charge in [-0.25, -0.2) is 0 Å². The van der Waals surface area contributed by atoms with Gasteiger partial charge in [0.1, 0.15) is 0 Å². The Bertz CT molecular complexity index is 523. The van der Waals surface area contributed by atoms with Gasteiger partial charge in [-0.2, -0.15) is 5.10 Å². The molecule has 17 heavy (non-hydrogen) atoms. The Balaban J connectivity index is 2.14. The Labute approximate surface area is 108 Å². The predicted octanol–water partition coefficient (Wildman–Crippen LogP) is 3.18. The number of para-hydroxylation sites is 1. The molecule has 0 saturated heterocycles. The molecule has 0 heterocycles. The monoisotopic (exact) mass is 289 g/mol. The summed E-state index contributed by atoms with van der Waals surface area (Å²) in [5.41, 5.74) is 10.6. The fraction of sp³-hybridized carbons (Fsp3) is 0. The van der Waals surface area contributed by atoms with E-state index < -0.39 is 0 Å². The highest BCUT2D eigenvalue weighted by Crippen LogP contribution is 2.20. The van der Waals surface area contributed by atoms with Crippen LogP contribution >= 0.6 is 15.9 Å². The molecule has 2 rings (SSSR count). The molecule has 0 fully saturated rings. The zero-order valence-electron chi connectivity index (χ0n) is 9.10. The first-order chi connectivity index (χ1) is 8.27. The molecule has 0 aromatic heterocycles. The number of halogens is 1. The summed E-state index contributed by atoms with van der Waals surface area (Å²) < 4.78 is 0.949. The topological polar surface area (TPSA) is 50.4 Å². The minimum absolute atomic E-state index is 0.460. The van der Waals surface area contributed by atoms with Crippen molar-refractivity contribution in [2.45, 2.75) is 0 Å². The Morgan fingerprint density at radius 3 is 2.35 bits per heavy atom. The van der Waals surface area contributed by atoms with Crippen molar-refractivity contribution >= 4 is 27.5 Å². The normalized spacial score (nSPS) is 11.2. The Morgan fingerprint density at radius 2 is 1.65 bits per heavy atom. The SMILES string of the molecule is N/C(=N\Nc1ccccc1Br)c1ccccc1. The lowest BCUT2D eigenvalue weighted by atomic mass is 10.2. The highest BCUT2D eigenvalue weighted by atomic mass is 79.9. The summed E-state index contributed by atoms with van der Waals surface area (Å²) >= 11 is 3.43. The van der Waals surface area contributed by atoms with Gasteiger partial charge >= 0.3 is 0 Å². The Hall–Kier alpha value is -1.81. The number of amidine groups is 1. The molecule has 0 aliphatic carbocycles. The average molecular weight is 290 g/mol. The molecule has 3 N–H and O–H groups in total. The summed E-state index contributed by atoms with van der Waals surface area (Å²) in [7, 11) is 0. The number of nitrogens with two attached hydrogens (primary N) is 1. The van der Waals surface area contributed by atoms with Crippen LogP contribution in [0.15, 0.2) is 64.2 Å². The maximum Gasteiger partial charge on any atom is 0.150 e. The van der Waals surface area contributed by atoms with Crippen LogP contribution in [0.5, 0.6) is 0 Å². The molecule has 3 nitrogen and oxygen atoms in total. The van der Waals surface area contributed by atoms with Crippen molar-refractivity contribution < 1.29 is 0 Å². The van der Waals surface area contributed by atoms with Crippen molar-refractivity contribution in [3.05, 3.63) is 64.6 Å². The number of rotatable bonds is 3. The van der Waals surface area contributed by atoms with Crippen molar-refractivity contribution in [1.29, 1.82) is 0 Å². The van der Waals surface area contributed by atoms with Crippen molar-refractivity contribution in [3.8, 4) is 0 Å². The van der Waals surface area contributed by atoms with Crippen LogP contribution < -0.4 is 11.2 Å². The molecule has 86 valence electrons. The molecule has 2 aromatic rings. The van der Waals surface area contributed by atoms with Crippen LogP contribution in [0.25, 0.3) is 0 Å². The first-order valence-corrected chi connectivity index (χ1v) is 5.96. The molecule has 2 aromatic carbocycles.